The minimum Gasteiger partial charge on any atom is -0.385 e. The van der Waals surface area contributed by atoms with Gasteiger partial charge in [-0.15, -0.1) is 0 Å². The molecule has 0 aliphatic heterocycles. The fourth-order valence-electron chi connectivity index (χ4n) is 1.62. The highest BCUT2D eigenvalue weighted by Gasteiger charge is 2.30. The van der Waals surface area contributed by atoms with Crippen molar-refractivity contribution in [1.82, 2.24) is 0 Å². The van der Waals surface area contributed by atoms with Crippen LogP contribution in [0, 0.1) is 5.82 Å². The fraction of sp³-hybridized carbons (Fsp3) is 0.500. The Hall–Kier alpha value is -0.680. The van der Waals surface area contributed by atoms with Gasteiger partial charge in [-0.25, -0.2) is 4.39 Å². The van der Waals surface area contributed by atoms with E-state index in [1.54, 1.807) is 0 Å². The number of benzene rings is 1. The SMILES string of the molecule is COC(CC(C)(O)c1ccc(Cl)cc1F)OC. The molecular weight excluding hydrogens is 247 g/mol. The normalized spacial score (nSPS) is 15.0. The molecule has 1 unspecified atom stereocenters. The summed E-state index contributed by atoms with van der Waals surface area (Å²) >= 11 is 5.66. The largest absolute Gasteiger partial charge is 0.385 e. The summed E-state index contributed by atoms with van der Waals surface area (Å²) in [5.41, 5.74) is -1.22. The third-order valence-electron chi connectivity index (χ3n) is 2.60. The van der Waals surface area contributed by atoms with E-state index in [-0.39, 0.29) is 17.0 Å². The lowest BCUT2D eigenvalue weighted by atomic mass is 9.92. The van der Waals surface area contributed by atoms with Crippen LogP contribution >= 0.6 is 11.6 Å². The van der Waals surface area contributed by atoms with Crippen molar-refractivity contribution in [2.75, 3.05) is 14.2 Å². The Balaban J connectivity index is 2.95. The van der Waals surface area contributed by atoms with E-state index in [2.05, 4.69) is 0 Å². The Morgan fingerprint density at radius 1 is 1.41 bits per heavy atom. The van der Waals surface area contributed by atoms with Gasteiger partial charge in [-0.2, -0.15) is 0 Å². The van der Waals surface area contributed by atoms with E-state index in [9.17, 15) is 9.50 Å². The summed E-state index contributed by atoms with van der Waals surface area (Å²) in [6.45, 7) is 1.50. The van der Waals surface area contributed by atoms with E-state index >= 15 is 0 Å². The minimum atomic E-state index is -1.38. The molecule has 0 saturated carbocycles. The van der Waals surface area contributed by atoms with Crippen LogP contribution in [0.2, 0.25) is 5.02 Å². The van der Waals surface area contributed by atoms with Crippen LogP contribution in [0.3, 0.4) is 0 Å². The van der Waals surface area contributed by atoms with Crippen LogP contribution in [0.25, 0.3) is 0 Å². The molecule has 1 aromatic rings. The zero-order valence-corrected chi connectivity index (χ0v) is 10.8. The average molecular weight is 263 g/mol. The number of hydrogen-bond acceptors (Lipinski definition) is 3. The van der Waals surface area contributed by atoms with Gasteiger partial charge in [0.05, 0.1) is 5.60 Å². The first kappa shape index (κ1) is 14.4. The van der Waals surface area contributed by atoms with Crippen molar-refractivity contribution < 1.29 is 19.0 Å². The highest BCUT2D eigenvalue weighted by molar-refractivity contribution is 6.30. The lowest BCUT2D eigenvalue weighted by Gasteiger charge is -2.27. The number of halogens is 2. The third kappa shape index (κ3) is 3.64. The van der Waals surface area contributed by atoms with Crippen molar-refractivity contribution in [3.8, 4) is 0 Å². The van der Waals surface area contributed by atoms with Crippen molar-refractivity contribution in [1.29, 1.82) is 0 Å². The molecule has 0 amide bonds. The van der Waals surface area contributed by atoms with E-state index in [0.717, 1.165) is 0 Å². The fourth-order valence-corrected chi connectivity index (χ4v) is 1.78. The zero-order chi connectivity index (χ0) is 13.1. The van der Waals surface area contributed by atoms with Gasteiger partial charge in [0.1, 0.15) is 5.82 Å². The molecule has 1 atom stereocenters. The van der Waals surface area contributed by atoms with Crippen molar-refractivity contribution in [2.45, 2.75) is 25.2 Å². The van der Waals surface area contributed by atoms with Gasteiger partial charge in [0, 0.05) is 31.2 Å². The monoisotopic (exact) mass is 262 g/mol. The van der Waals surface area contributed by atoms with Crippen molar-refractivity contribution in [3.63, 3.8) is 0 Å². The molecule has 0 bridgehead atoms. The van der Waals surface area contributed by atoms with E-state index in [1.165, 1.54) is 39.3 Å². The Morgan fingerprint density at radius 3 is 2.47 bits per heavy atom. The molecule has 0 aromatic heterocycles. The summed E-state index contributed by atoms with van der Waals surface area (Å²) in [4.78, 5) is 0. The van der Waals surface area contributed by atoms with Crippen LogP contribution in [0.15, 0.2) is 18.2 Å². The second-order valence-electron chi connectivity index (χ2n) is 4.00. The second-order valence-corrected chi connectivity index (χ2v) is 4.44. The van der Waals surface area contributed by atoms with Gasteiger partial charge in [0.2, 0.25) is 0 Å². The number of methoxy groups -OCH3 is 2. The molecule has 1 rings (SSSR count). The van der Waals surface area contributed by atoms with Crippen LogP contribution in [-0.2, 0) is 15.1 Å². The predicted octanol–water partition coefficient (Wildman–Crippen LogP) is 2.70. The summed E-state index contributed by atoms with van der Waals surface area (Å²) in [5, 5.41) is 10.5. The molecule has 1 N–H and O–H groups in total. The first-order chi connectivity index (χ1) is 7.90. The van der Waals surface area contributed by atoms with Crippen LogP contribution in [-0.4, -0.2) is 25.6 Å². The van der Waals surface area contributed by atoms with Gasteiger partial charge in [-0.05, 0) is 19.1 Å². The molecule has 0 saturated heterocycles. The van der Waals surface area contributed by atoms with E-state index in [1.807, 2.05) is 0 Å². The number of aliphatic hydroxyl groups is 1. The van der Waals surface area contributed by atoms with Gasteiger partial charge in [0.15, 0.2) is 6.29 Å². The Bertz CT molecular complexity index is 378. The molecule has 0 radical (unpaired) electrons. The minimum absolute atomic E-state index is 0.124. The average Bonchev–Trinajstić information content (AvgIpc) is 2.25. The maximum atomic E-state index is 13.7. The summed E-state index contributed by atoms with van der Waals surface area (Å²) in [5.74, 6) is -0.548. The van der Waals surface area contributed by atoms with Gasteiger partial charge in [-0.1, -0.05) is 17.7 Å². The maximum absolute atomic E-state index is 13.7. The lowest BCUT2D eigenvalue weighted by molar-refractivity contribution is -0.142. The highest BCUT2D eigenvalue weighted by Crippen LogP contribution is 2.30. The maximum Gasteiger partial charge on any atom is 0.159 e. The molecule has 1 aromatic carbocycles. The van der Waals surface area contributed by atoms with Crippen LogP contribution in [0.5, 0.6) is 0 Å². The van der Waals surface area contributed by atoms with Gasteiger partial charge < -0.3 is 14.6 Å². The first-order valence-corrected chi connectivity index (χ1v) is 5.52. The molecule has 0 aliphatic rings. The predicted molar refractivity (Wildman–Crippen MR) is 63.4 cm³/mol. The number of hydrogen-bond donors (Lipinski definition) is 1. The molecule has 0 spiro atoms. The zero-order valence-electron chi connectivity index (χ0n) is 10.0. The van der Waals surface area contributed by atoms with E-state index < -0.39 is 17.7 Å². The first-order valence-electron chi connectivity index (χ1n) is 5.14. The Morgan fingerprint density at radius 2 is 2.00 bits per heavy atom. The van der Waals surface area contributed by atoms with Gasteiger partial charge in [-0.3, -0.25) is 0 Å². The van der Waals surface area contributed by atoms with Crippen molar-refractivity contribution in [2.24, 2.45) is 0 Å². The summed E-state index contributed by atoms with van der Waals surface area (Å²) in [6.07, 6.45) is -0.474. The van der Waals surface area contributed by atoms with E-state index in [4.69, 9.17) is 21.1 Å². The molecule has 5 heteroatoms. The molecule has 0 aliphatic carbocycles. The Kier molecular flexibility index (Phi) is 4.89. The second kappa shape index (κ2) is 5.78. The quantitative estimate of drug-likeness (QED) is 0.830. The van der Waals surface area contributed by atoms with E-state index in [0.29, 0.717) is 0 Å². The topological polar surface area (TPSA) is 38.7 Å². The van der Waals surface area contributed by atoms with Crippen molar-refractivity contribution >= 4 is 11.6 Å². The highest BCUT2D eigenvalue weighted by atomic mass is 35.5. The molecule has 96 valence electrons. The molecule has 17 heavy (non-hydrogen) atoms. The number of rotatable bonds is 5. The van der Waals surface area contributed by atoms with Crippen LogP contribution < -0.4 is 0 Å². The number of ether oxygens (including phenoxy) is 2. The molecule has 0 fully saturated rings. The van der Waals surface area contributed by atoms with Gasteiger partial charge >= 0.3 is 0 Å². The Labute approximate surface area is 105 Å². The summed E-state index contributed by atoms with van der Waals surface area (Å²) in [6, 6.07) is 4.16. The standard InChI is InChI=1S/C12H16ClFO3/c1-12(15,7-11(16-2)17-3)9-5-4-8(13)6-10(9)14/h4-6,11,15H,7H2,1-3H3. The third-order valence-corrected chi connectivity index (χ3v) is 2.84. The smallest absolute Gasteiger partial charge is 0.159 e. The molecular formula is C12H16ClFO3. The summed E-state index contributed by atoms with van der Waals surface area (Å²) < 4.78 is 23.7. The van der Waals surface area contributed by atoms with Crippen molar-refractivity contribution in [3.05, 3.63) is 34.6 Å². The van der Waals surface area contributed by atoms with Gasteiger partial charge in [0.25, 0.3) is 0 Å². The summed E-state index contributed by atoms with van der Waals surface area (Å²) in [7, 11) is 2.92. The molecule has 3 nitrogen and oxygen atoms in total. The molecule has 0 heterocycles. The lowest BCUT2D eigenvalue weighted by Crippen LogP contribution is -2.30. The van der Waals surface area contributed by atoms with Crippen LogP contribution in [0.1, 0.15) is 18.9 Å². The van der Waals surface area contributed by atoms with Crippen LogP contribution in [0.4, 0.5) is 4.39 Å².